The van der Waals surface area contributed by atoms with Gasteiger partial charge in [0, 0.05) is 68.0 Å². The van der Waals surface area contributed by atoms with Crippen LogP contribution in [0, 0.1) is 0 Å². The molecule has 0 amide bonds. The van der Waals surface area contributed by atoms with Crippen LogP contribution in [-0.4, -0.2) is 13.6 Å². The highest BCUT2D eigenvalue weighted by Crippen LogP contribution is 2.48. The van der Waals surface area contributed by atoms with Gasteiger partial charge in [-0.25, -0.2) is 0 Å². The van der Waals surface area contributed by atoms with Crippen molar-refractivity contribution in [1.29, 1.82) is 0 Å². The topological polar surface area (TPSA) is 32.8 Å². The summed E-state index contributed by atoms with van der Waals surface area (Å²) in [5, 5.41) is 8.45. The fourth-order valence-corrected chi connectivity index (χ4v) is 10.6. The van der Waals surface area contributed by atoms with E-state index in [4.69, 9.17) is 8.83 Å². The van der Waals surface area contributed by atoms with Gasteiger partial charge in [-0.15, -0.1) is 0 Å². The highest BCUT2D eigenvalue weighted by Gasteiger charge is 2.36. The minimum Gasteiger partial charge on any atom is -0.456 e. The highest BCUT2D eigenvalue weighted by molar-refractivity contribution is 6.88. The predicted octanol–water partition coefficient (Wildman–Crippen LogP) is 14.8. The van der Waals surface area contributed by atoms with Crippen molar-refractivity contribution in [2.75, 3.05) is 9.80 Å². The van der Waals surface area contributed by atoms with Crippen LogP contribution in [-0.2, 0) is 6.42 Å². The third-order valence-electron chi connectivity index (χ3n) is 12.3. The van der Waals surface area contributed by atoms with Gasteiger partial charge in [-0.05, 0) is 96.1 Å². The van der Waals surface area contributed by atoms with Gasteiger partial charge in [-0.3, -0.25) is 0 Å². The van der Waals surface area contributed by atoms with Crippen molar-refractivity contribution in [3.63, 3.8) is 0 Å². The van der Waals surface area contributed by atoms with E-state index in [0.29, 0.717) is 0 Å². The quantitative estimate of drug-likeness (QED) is 0.151. The normalized spacial score (nSPS) is 15.4. The molecule has 8 aromatic carbocycles. The number of hydrogen-bond donors (Lipinski definition) is 0. The van der Waals surface area contributed by atoms with Crippen LogP contribution in [0.2, 0.25) is 19.6 Å². The van der Waals surface area contributed by atoms with Crippen LogP contribution in [0.25, 0.3) is 60.7 Å². The van der Waals surface area contributed by atoms with Crippen LogP contribution in [0.15, 0.2) is 185 Å². The molecule has 1 aliphatic rings. The van der Waals surface area contributed by atoms with Crippen LogP contribution in [0.3, 0.4) is 0 Å². The first-order chi connectivity index (χ1) is 28.7. The molecule has 11 rings (SSSR count). The summed E-state index contributed by atoms with van der Waals surface area (Å²) >= 11 is 0. The molecule has 10 aromatic rings. The SMILES string of the molecule is CC1(N(c2ccccc2)c2ccc3oc4ccccc4c3c2)C=Cc2c(c3ccccc3c3c2oc2cc(N(c4ccccc4)c4ccc([Si](C)(C)C)cc4)ccc23)C1. The molecular weight excluding hydrogens is 737 g/mol. The van der Waals surface area contributed by atoms with E-state index in [1.807, 2.05) is 12.1 Å². The summed E-state index contributed by atoms with van der Waals surface area (Å²) in [5.41, 5.74) is 11.2. The van der Waals surface area contributed by atoms with E-state index in [1.165, 1.54) is 21.5 Å². The van der Waals surface area contributed by atoms with E-state index in [1.54, 1.807) is 0 Å². The van der Waals surface area contributed by atoms with Gasteiger partial charge in [0.2, 0.25) is 0 Å². The van der Waals surface area contributed by atoms with Gasteiger partial charge in [-0.2, -0.15) is 0 Å². The van der Waals surface area contributed by atoms with Gasteiger partial charge < -0.3 is 18.6 Å². The summed E-state index contributed by atoms with van der Waals surface area (Å²) in [7, 11) is -1.45. The molecule has 0 saturated carbocycles. The van der Waals surface area contributed by atoms with Crippen molar-refractivity contribution in [2.45, 2.75) is 38.5 Å². The van der Waals surface area contributed by atoms with Crippen LogP contribution in [0.4, 0.5) is 28.4 Å². The van der Waals surface area contributed by atoms with Gasteiger partial charge in [0.25, 0.3) is 0 Å². The van der Waals surface area contributed by atoms with Crippen LogP contribution in [0.5, 0.6) is 0 Å². The Hall–Kier alpha value is -6.82. The molecule has 1 aliphatic carbocycles. The zero-order valence-electron chi connectivity index (χ0n) is 33.7. The Morgan fingerprint density at radius 1 is 0.492 bits per heavy atom. The van der Waals surface area contributed by atoms with Gasteiger partial charge in [0.1, 0.15) is 22.3 Å². The monoisotopic (exact) mass is 780 g/mol. The lowest BCUT2D eigenvalue weighted by molar-refractivity contribution is 0.561. The molecule has 0 aliphatic heterocycles. The number of fused-ring (bicyclic) bond motifs is 11. The Bertz CT molecular complexity index is 3250. The zero-order chi connectivity index (χ0) is 39.9. The lowest BCUT2D eigenvalue weighted by Gasteiger charge is -2.43. The van der Waals surface area contributed by atoms with Gasteiger partial charge in [0.15, 0.2) is 0 Å². The van der Waals surface area contributed by atoms with Crippen molar-refractivity contribution in [1.82, 2.24) is 0 Å². The second-order valence-corrected chi connectivity index (χ2v) is 22.3. The highest BCUT2D eigenvalue weighted by atomic mass is 28.3. The van der Waals surface area contributed by atoms with E-state index in [0.717, 1.165) is 84.3 Å². The number of hydrogen-bond acceptors (Lipinski definition) is 4. The molecule has 5 heteroatoms. The summed E-state index contributed by atoms with van der Waals surface area (Å²) in [4.78, 5) is 4.83. The first-order valence-electron chi connectivity index (χ1n) is 20.5. The summed E-state index contributed by atoms with van der Waals surface area (Å²) < 4.78 is 13.3. The minimum absolute atomic E-state index is 0.404. The lowest BCUT2D eigenvalue weighted by atomic mass is 9.79. The number of rotatable bonds is 7. The first-order valence-corrected chi connectivity index (χ1v) is 24.0. The molecule has 4 nitrogen and oxygen atoms in total. The molecular formula is C54H44N2O2Si. The molecule has 59 heavy (non-hydrogen) atoms. The molecule has 2 aromatic heterocycles. The van der Waals surface area contributed by atoms with Gasteiger partial charge in [0.05, 0.1) is 13.6 Å². The summed E-state index contributed by atoms with van der Waals surface area (Å²) in [6.45, 7) is 9.54. The zero-order valence-corrected chi connectivity index (χ0v) is 34.7. The molecule has 2 heterocycles. The van der Waals surface area contributed by atoms with Crippen LogP contribution < -0.4 is 15.0 Å². The Labute approximate surface area is 345 Å². The van der Waals surface area contributed by atoms with Crippen molar-refractivity contribution >= 4 is 102 Å². The number of para-hydroxylation sites is 3. The van der Waals surface area contributed by atoms with E-state index >= 15 is 0 Å². The average Bonchev–Trinajstić information content (AvgIpc) is 3.83. The number of nitrogens with zero attached hydrogens (tertiary/aromatic N) is 2. The minimum atomic E-state index is -1.45. The number of benzene rings is 8. The maximum Gasteiger partial charge on any atom is 0.143 e. The molecule has 1 unspecified atom stereocenters. The van der Waals surface area contributed by atoms with Gasteiger partial charge in [-0.1, -0.05) is 128 Å². The average molecular weight is 781 g/mol. The second kappa shape index (κ2) is 13.4. The number of furan rings is 2. The summed E-state index contributed by atoms with van der Waals surface area (Å²) in [6, 6.07) is 61.1. The molecule has 0 N–H and O–H groups in total. The molecule has 0 radical (unpaired) electrons. The third kappa shape index (κ3) is 5.79. The maximum absolute atomic E-state index is 7.07. The lowest BCUT2D eigenvalue weighted by Crippen LogP contribution is -2.45. The second-order valence-electron chi connectivity index (χ2n) is 17.2. The van der Waals surface area contributed by atoms with E-state index in [9.17, 15) is 0 Å². The third-order valence-corrected chi connectivity index (χ3v) is 14.4. The summed E-state index contributed by atoms with van der Waals surface area (Å²) in [5.74, 6) is 0. The van der Waals surface area contributed by atoms with E-state index in [-0.39, 0.29) is 0 Å². The van der Waals surface area contributed by atoms with Crippen molar-refractivity contribution in [2.24, 2.45) is 0 Å². The predicted molar refractivity (Wildman–Crippen MR) is 252 cm³/mol. The molecule has 1 atom stereocenters. The molecule has 0 saturated heterocycles. The molecule has 0 bridgehead atoms. The summed E-state index contributed by atoms with van der Waals surface area (Å²) in [6.07, 6.45) is 5.48. The smallest absolute Gasteiger partial charge is 0.143 e. The molecule has 0 spiro atoms. The Morgan fingerprint density at radius 3 is 1.85 bits per heavy atom. The Balaban J connectivity index is 1.07. The van der Waals surface area contributed by atoms with Crippen molar-refractivity contribution < 1.29 is 8.83 Å². The van der Waals surface area contributed by atoms with Crippen LogP contribution >= 0.6 is 0 Å². The van der Waals surface area contributed by atoms with Crippen LogP contribution in [0.1, 0.15) is 18.1 Å². The van der Waals surface area contributed by atoms with E-state index < -0.39 is 13.6 Å². The maximum atomic E-state index is 7.07. The van der Waals surface area contributed by atoms with Crippen molar-refractivity contribution in [3.8, 4) is 0 Å². The first kappa shape index (κ1) is 35.3. The molecule has 286 valence electrons. The van der Waals surface area contributed by atoms with Gasteiger partial charge >= 0.3 is 0 Å². The largest absolute Gasteiger partial charge is 0.456 e. The molecule has 0 fully saturated rings. The fourth-order valence-electron chi connectivity index (χ4n) is 9.43. The van der Waals surface area contributed by atoms with Crippen molar-refractivity contribution in [3.05, 3.63) is 187 Å². The Morgan fingerprint density at radius 2 is 1.10 bits per heavy atom. The Kier molecular flexibility index (Phi) is 8.01. The fraction of sp³-hybridized carbons (Fsp3) is 0.111. The van der Waals surface area contributed by atoms with E-state index in [2.05, 4.69) is 206 Å². The standard InChI is InChI=1S/C54H44N2O2Si/c1-54(56(38-17-9-6-10-18-38)40-26-30-50-47(33-40)43-20-13-14-22-49(43)57-50)32-31-45-48(35-54)42-19-11-12-21-44(42)52-46-29-25-39(34-51(46)58-53(45)52)55(36-15-7-5-8-16-36)37-23-27-41(28-24-37)59(2,3)4/h5-34H,35H2,1-4H3. The number of anilines is 5.